The van der Waals surface area contributed by atoms with E-state index in [-0.39, 0.29) is 4.90 Å². The van der Waals surface area contributed by atoms with Gasteiger partial charge in [-0.3, -0.25) is 4.98 Å². The monoisotopic (exact) mass is 268 g/mol. The molecule has 1 saturated heterocycles. The second kappa shape index (κ2) is 3.96. The fourth-order valence-corrected chi connectivity index (χ4v) is 3.71. The minimum absolute atomic E-state index is 0.189. The van der Waals surface area contributed by atoms with Crippen LogP contribution in [0.15, 0.2) is 32.3 Å². The Balaban J connectivity index is 2.10. The van der Waals surface area contributed by atoms with Crippen LogP contribution in [0.4, 0.5) is 0 Å². The van der Waals surface area contributed by atoms with Gasteiger partial charge >= 0.3 is 5.76 Å². The van der Waals surface area contributed by atoms with Gasteiger partial charge in [0.2, 0.25) is 10.0 Å². The number of H-pyrrole nitrogens is 1. The SMILES string of the molecule is O=c1[nH]c2cc(S(=O)(=O)N3CCCC3)ccc2o1. The first-order chi connectivity index (χ1) is 8.57. The first-order valence-electron chi connectivity index (χ1n) is 5.70. The Morgan fingerprint density at radius 1 is 1.22 bits per heavy atom. The zero-order valence-corrected chi connectivity index (χ0v) is 10.4. The summed E-state index contributed by atoms with van der Waals surface area (Å²) in [6.45, 7) is 1.12. The number of hydrogen-bond acceptors (Lipinski definition) is 4. The molecule has 7 heteroatoms. The molecule has 0 atom stereocenters. The highest BCUT2D eigenvalue weighted by molar-refractivity contribution is 7.89. The molecule has 0 amide bonds. The van der Waals surface area contributed by atoms with Crippen LogP contribution in [0.5, 0.6) is 0 Å². The van der Waals surface area contributed by atoms with Gasteiger partial charge in [0.05, 0.1) is 10.4 Å². The second-order valence-electron chi connectivity index (χ2n) is 4.28. The molecule has 96 valence electrons. The lowest BCUT2D eigenvalue weighted by Gasteiger charge is -2.15. The molecular formula is C11H12N2O4S. The van der Waals surface area contributed by atoms with E-state index in [0.29, 0.717) is 24.2 Å². The minimum Gasteiger partial charge on any atom is -0.408 e. The number of nitrogens with zero attached hydrogens (tertiary/aromatic N) is 1. The second-order valence-corrected chi connectivity index (χ2v) is 6.22. The average Bonchev–Trinajstić information content (AvgIpc) is 2.95. The van der Waals surface area contributed by atoms with Crippen molar-refractivity contribution >= 4 is 21.1 Å². The van der Waals surface area contributed by atoms with Crippen LogP contribution in [0.3, 0.4) is 0 Å². The van der Waals surface area contributed by atoms with E-state index in [4.69, 9.17) is 4.42 Å². The van der Waals surface area contributed by atoms with Gasteiger partial charge in [-0.15, -0.1) is 0 Å². The number of benzene rings is 1. The van der Waals surface area contributed by atoms with Gasteiger partial charge in [-0.25, -0.2) is 13.2 Å². The molecule has 2 aromatic rings. The van der Waals surface area contributed by atoms with Crippen molar-refractivity contribution < 1.29 is 12.8 Å². The standard InChI is InChI=1S/C11H12N2O4S/c14-11-12-9-7-8(3-4-10(9)17-11)18(15,16)13-5-1-2-6-13/h3-4,7H,1-2,5-6H2,(H,12,14). The highest BCUT2D eigenvalue weighted by Crippen LogP contribution is 2.23. The van der Waals surface area contributed by atoms with E-state index in [1.807, 2.05) is 0 Å². The van der Waals surface area contributed by atoms with E-state index in [9.17, 15) is 13.2 Å². The zero-order valence-electron chi connectivity index (χ0n) is 9.55. The highest BCUT2D eigenvalue weighted by Gasteiger charge is 2.27. The van der Waals surface area contributed by atoms with E-state index < -0.39 is 15.8 Å². The number of nitrogens with one attached hydrogen (secondary N) is 1. The van der Waals surface area contributed by atoms with Gasteiger partial charge in [0, 0.05) is 13.1 Å². The lowest BCUT2D eigenvalue weighted by atomic mass is 10.3. The van der Waals surface area contributed by atoms with E-state index in [1.165, 1.54) is 22.5 Å². The Bertz CT molecular complexity index is 738. The Hall–Kier alpha value is -1.60. The van der Waals surface area contributed by atoms with Crippen LogP contribution in [-0.4, -0.2) is 30.8 Å². The molecule has 3 rings (SSSR count). The molecule has 1 aliphatic rings. The average molecular weight is 268 g/mol. The van der Waals surface area contributed by atoms with Gasteiger partial charge in [-0.1, -0.05) is 0 Å². The maximum absolute atomic E-state index is 12.3. The van der Waals surface area contributed by atoms with Gasteiger partial charge in [0.25, 0.3) is 0 Å². The van der Waals surface area contributed by atoms with Crippen LogP contribution < -0.4 is 5.76 Å². The first kappa shape index (κ1) is 11.5. The number of rotatable bonds is 2. The van der Waals surface area contributed by atoms with Crippen molar-refractivity contribution in [2.24, 2.45) is 0 Å². The van der Waals surface area contributed by atoms with Crippen molar-refractivity contribution in [2.75, 3.05) is 13.1 Å². The Morgan fingerprint density at radius 2 is 1.94 bits per heavy atom. The maximum atomic E-state index is 12.3. The molecule has 1 aromatic heterocycles. The third kappa shape index (κ3) is 1.75. The van der Waals surface area contributed by atoms with Crippen LogP contribution in [0.25, 0.3) is 11.1 Å². The fourth-order valence-electron chi connectivity index (χ4n) is 2.17. The molecule has 1 fully saturated rings. The van der Waals surface area contributed by atoms with Crippen molar-refractivity contribution in [3.05, 3.63) is 28.7 Å². The van der Waals surface area contributed by atoms with Crippen LogP contribution >= 0.6 is 0 Å². The third-order valence-electron chi connectivity index (χ3n) is 3.09. The van der Waals surface area contributed by atoms with Crippen molar-refractivity contribution in [3.63, 3.8) is 0 Å². The summed E-state index contributed by atoms with van der Waals surface area (Å²) >= 11 is 0. The summed E-state index contributed by atoms with van der Waals surface area (Å²) in [6, 6.07) is 4.40. The van der Waals surface area contributed by atoms with Crippen LogP contribution in [-0.2, 0) is 10.0 Å². The van der Waals surface area contributed by atoms with Crippen molar-refractivity contribution in [1.29, 1.82) is 0 Å². The van der Waals surface area contributed by atoms with Crippen LogP contribution in [0, 0.1) is 0 Å². The molecule has 1 aromatic carbocycles. The predicted molar refractivity (Wildman–Crippen MR) is 64.8 cm³/mol. The smallest absolute Gasteiger partial charge is 0.408 e. The quantitative estimate of drug-likeness (QED) is 0.877. The summed E-state index contributed by atoms with van der Waals surface area (Å²) in [6.07, 6.45) is 1.79. The zero-order chi connectivity index (χ0) is 12.8. The summed E-state index contributed by atoms with van der Waals surface area (Å²) in [5, 5.41) is 0. The van der Waals surface area contributed by atoms with Crippen LogP contribution in [0.1, 0.15) is 12.8 Å². The van der Waals surface area contributed by atoms with Crippen molar-refractivity contribution in [2.45, 2.75) is 17.7 Å². The topological polar surface area (TPSA) is 83.4 Å². The van der Waals surface area contributed by atoms with Crippen LogP contribution in [0.2, 0.25) is 0 Å². The van der Waals surface area contributed by atoms with Gasteiger partial charge < -0.3 is 4.42 Å². The number of sulfonamides is 1. The molecule has 0 unspecified atom stereocenters. The summed E-state index contributed by atoms with van der Waals surface area (Å²) in [5.74, 6) is -0.583. The summed E-state index contributed by atoms with van der Waals surface area (Å²) < 4.78 is 30.9. The van der Waals surface area contributed by atoms with E-state index >= 15 is 0 Å². The Morgan fingerprint density at radius 3 is 2.67 bits per heavy atom. The van der Waals surface area contributed by atoms with E-state index in [2.05, 4.69) is 4.98 Å². The number of aromatic amines is 1. The van der Waals surface area contributed by atoms with Gasteiger partial charge in [0.15, 0.2) is 5.58 Å². The Labute approximate surface area is 103 Å². The number of fused-ring (bicyclic) bond motifs is 1. The normalized spacial score (nSPS) is 17.6. The lowest BCUT2D eigenvalue weighted by molar-refractivity contribution is 0.477. The third-order valence-corrected chi connectivity index (χ3v) is 4.99. The molecule has 0 spiro atoms. The molecular weight excluding hydrogens is 256 g/mol. The first-order valence-corrected chi connectivity index (χ1v) is 7.14. The molecule has 1 aliphatic heterocycles. The summed E-state index contributed by atoms with van der Waals surface area (Å²) in [5.41, 5.74) is 0.764. The Kier molecular flexibility index (Phi) is 2.53. The number of hydrogen-bond donors (Lipinski definition) is 1. The predicted octanol–water partition coefficient (Wildman–Crippen LogP) is 0.906. The fraction of sp³-hybridized carbons (Fsp3) is 0.364. The number of aromatic nitrogens is 1. The summed E-state index contributed by atoms with van der Waals surface area (Å²) in [7, 11) is -3.45. The molecule has 1 N–H and O–H groups in total. The van der Waals surface area contributed by atoms with Gasteiger partial charge in [-0.05, 0) is 31.0 Å². The van der Waals surface area contributed by atoms with Crippen molar-refractivity contribution in [3.8, 4) is 0 Å². The lowest BCUT2D eigenvalue weighted by Crippen LogP contribution is -2.27. The number of oxazole rings is 1. The largest absolute Gasteiger partial charge is 0.417 e. The molecule has 0 saturated carbocycles. The summed E-state index contributed by atoms with van der Waals surface area (Å²) in [4.78, 5) is 13.7. The molecule has 0 aliphatic carbocycles. The van der Waals surface area contributed by atoms with E-state index in [0.717, 1.165) is 12.8 Å². The molecule has 2 heterocycles. The minimum atomic E-state index is -3.45. The van der Waals surface area contributed by atoms with Gasteiger partial charge in [-0.2, -0.15) is 4.31 Å². The molecule has 0 radical (unpaired) electrons. The van der Waals surface area contributed by atoms with E-state index in [1.54, 1.807) is 0 Å². The molecule has 18 heavy (non-hydrogen) atoms. The van der Waals surface area contributed by atoms with Crippen molar-refractivity contribution in [1.82, 2.24) is 9.29 Å². The highest BCUT2D eigenvalue weighted by atomic mass is 32.2. The molecule has 6 nitrogen and oxygen atoms in total. The van der Waals surface area contributed by atoms with Gasteiger partial charge in [0.1, 0.15) is 0 Å². The maximum Gasteiger partial charge on any atom is 0.417 e. The molecule has 0 bridgehead atoms.